The van der Waals surface area contributed by atoms with Gasteiger partial charge in [0.1, 0.15) is 18.1 Å². The summed E-state index contributed by atoms with van der Waals surface area (Å²) in [6, 6.07) is 13.3. The molecule has 0 N–H and O–H groups in total. The van der Waals surface area contributed by atoms with E-state index in [1.165, 1.54) is 24.8 Å². The fourth-order valence-corrected chi connectivity index (χ4v) is 4.23. The topological polar surface area (TPSA) is 34.6 Å². The van der Waals surface area contributed by atoms with Gasteiger partial charge in [-0.25, -0.2) is 0 Å². The number of rotatable bonds is 6. The minimum Gasteiger partial charge on any atom is -0.497 e. The number of benzene rings is 1. The molecule has 1 aromatic carbocycles. The van der Waals surface area contributed by atoms with E-state index in [0.717, 1.165) is 30.6 Å². The minimum absolute atomic E-state index is 0.503. The van der Waals surface area contributed by atoms with Crippen LogP contribution in [0.3, 0.4) is 0 Å². The van der Waals surface area contributed by atoms with E-state index in [2.05, 4.69) is 22.0 Å². The number of hydrogen-bond donors (Lipinski definition) is 0. The maximum atomic E-state index is 6.12. The first kappa shape index (κ1) is 15.5. The highest BCUT2D eigenvalue weighted by Crippen LogP contribution is 2.43. The number of ether oxygens (including phenoxy) is 2. The Morgan fingerprint density at radius 3 is 2.79 bits per heavy atom. The van der Waals surface area contributed by atoms with Crippen LogP contribution in [-0.2, 0) is 6.54 Å². The van der Waals surface area contributed by atoms with Gasteiger partial charge >= 0.3 is 0 Å². The standard InChI is InChI=1S/C20H24N2O2/c1-23-18-3-2-4-19(12-18)24-14-20-16-5-6-17(11-16)22(20)13-15-7-9-21-10-8-15/h2-4,7-10,12,16-17,20H,5-6,11,13-14H2,1H3/t16-,17-,20+/m1/s1. The summed E-state index contributed by atoms with van der Waals surface area (Å²) >= 11 is 0. The highest BCUT2D eigenvalue weighted by atomic mass is 16.5. The predicted octanol–water partition coefficient (Wildman–Crippen LogP) is 3.52. The van der Waals surface area contributed by atoms with Crippen LogP contribution in [0.1, 0.15) is 24.8 Å². The molecule has 4 rings (SSSR count). The molecule has 2 fully saturated rings. The van der Waals surface area contributed by atoms with Gasteiger partial charge in [-0.2, -0.15) is 0 Å². The van der Waals surface area contributed by atoms with Crippen molar-refractivity contribution in [2.45, 2.75) is 37.9 Å². The molecule has 4 nitrogen and oxygen atoms in total. The lowest BCUT2D eigenvalue weighted by molar-refractivity contribution is 0.0866. The average molecular weight is 324 g/mol. The van der Waals surface area contributed by atoms with Crippen molar-refractivity contribution in [3.05, 3.63) is 54.4 Å². The molecule has 1 aromatic heterocycles. The van der Waals surface area contributed by atoms with Gasteiger partial charge in [-0.15, -0.1) is 0 Å². The van der Waals surface area contributed by atoms with E-state index in [-0.39, 0.29) is 0 Å². The molecular formula is C20H24N2O2. The second-order valence-electron chi connectivity index (χ2n) is 6.81. The van der Waals surface area contributed by atoms with E-state index in [1.807, 2.05) is 36.7 Å². The quantitative estimate of drug-likeness (QED) is 0.814. The number of fused-ring (bicyclic) bond motifs is 2. The molecule has 2 bridgehead atoms. The van der Waals surface area contributed by atoms with Crippen LogP contribution in [-0.4, -0.2) is 35.7 Å². The van der Waals surface area contributed by atoms with Crippen molar-refractivity contribution in [3.8, 4) is 11.5 Å². The molecule has 3 atom stereocenters. The molecular weight excluding hydrogens is 300 g/mol. The van der Waals surface area contributed by atoms with Crippen molar-refractivity contribution < 1.29 is 9.47 Å². The van der Waals surface area contributed by atoms with Gasteiger partial charge in [-0.3, -0.25) is 9.88 Å². The Bertz CT molecular complexity index is 676. The first-order chi connectivity index (χ1) is 11.8. The maximum absolute atomic E-state index is 6.12. The molecule has 24 heavy (non-hydrogen) atoms. The number of methoxy groups -OCH3 is 1. The Labute approximate surface area is 143 Å². The largest absolute Gasteiger partial charge is 0.497 e. The summed E-state index contributed by atoms with van der Waals surface area (Å²) < 4.78 is 11.4. The van der Waals surface area contributed by atoms with Gasteiger partial charge in [0.15, 0.2) is 0 Å². The Morgan fingerprint density at radius 2 is 1.96 bits per heavy atom. The van der Waals surface area contributed by atoms with Crippen molar-refractivity contribution in [1.82, 2.24) is 9.88 Å². The molecule has 126 valence electrons. The van der Waals surface area contributed by atoms with Gasteiger partial charge < -0.3 is 9.47 Å². The first-order valence-corrected chi connectivity index (χ1v) is 8.75. The molecule has 2 aromatic rings. The summed E-state index contributed by atoms with van der Waals surface area (Å²) in [6.45, 7) is 1.75. The van der Waals surface area contributed by atoms with Crippen molar-refractivity contribution in [3.63, 3.8) is 0 Å². The van der Waals surface area contributed by atoms with Crippen LogP contribution in [0.25, 0.3) is 0 Å². The molecule has 2 heterocycles. The Kier molecular flexibility index (Phi) is 4.39. The Balaban J connectivity index is 1.44. The van der Waals surface area contributed by atoms with Gasteiger partial charge in [0.05, 0.1) is 7.11 Å². The smallest absolute Gasteiger partial charge is 0.123 e. The summed E-state index contributed by atoms with van der Waals surface area (Å²) in [5, 5.41) is 0. The molecule has 4 heteroatoms. The second-order valence-corrected chi connectivity index (χ2v) is 6.81. The molecule has 0 radical (unpaired) electrons. The van der Waals surface area contributed by atoms with Crippen LogP contribution in [0.2, 0.25) is 0 Å². The lowest BCUT2D eigenvalue weighted by atomic mass is 9.99. The maximum Gasteiger partial charge on any atom is 0.123 e. The molecule has 1 saturated heterocycles. The number of hydrogen-bond acceptors (Lipinski definition) is 4. The Morgan fingerprint density at radius 1 is 1.12 bits per heavy atom. The summed E-state index contributed by atoms with van der Waals surface area (Å²) in [5.74, 6) is 2.50. The van der Waals surface area contributed by atoms with Crippen LogP contribution in [0.15, 0.2) is 48.8 Å². The monoisotopic (exact) mass is 324 g/mol. The van der Waals surface area contributed by atoms with Crippen LogP contribution in [0, 0.1) is 5.92 Å². The van der Waals surface area contributed by atoms with E-state index in [4.69, 9.17) is 9.47 Å². The van der Waals surface area contributed by atoms with Crippen molar-refractivity contribution in [2.75, 3.05) is 13.7 Å². The number of piperidine rings is 1. The van der Waals surface area contributed by atoms with Gasteiger partial charge in [0.2, 0.25) is 0 Å². The predicted molar refractivity (Wildman–Crippen MR) is 93.2 cm³/mol. The third-order valence-corrected chi connectivity index (χ3v) is 5.46. The highest BCUT2D eigenvalue weighted by Gasteiger charge is 2.45. The SMILES string of the molecule is COc1cccc(OC[C@H]2[C@@H]3CC[C@H](C3)N2Cc2ccncc2)c1. The molecule has 1 aliphatic carbocycles. The molecule has 1 saturated carbocycles. The van der Waals surface area contributed by atoms with Crippen LogP contribution < -0.4 is 9.47 Å². The highest BCUT2D eigenvalue weighted by molar-refractivity contribution is 5.32. The van der Waals surface area contributed by atoms with Crippen LogP contribution >= 0.6 is 0 Å². The van der Waals surface area contributed by atoms with E-state index in [1.54, 1.807) is 7.11 Å². The van der Waals surface area contributed by atoms with Crippen LogP contribution in [0.5, 0.6) is 11.5 Å². The van der Waals surface area contributed by atoms with Crippen molar-refractivity contribution >= 4 is 0 Å². The number of nitrogens with zero attached hydrogens (tertiary/aromatic N) is 2. The van der Waals surface area contributed by atoms with Crippen molar-refractivity contribution in [1.29, 1.82) is 0 Å². The summed E-state index contributed by atoms with van der Waals surface area (Å²) in [6.07, 6.45) is 7.74. The zero-order valence-corrected chi connectivity index (χ0v) is 14.1. The zero-order valence-electron chi connectivity index (χ0n) is 14.1. The number of likely N-dealkylation sites (tertiary alicyclic amines) is 1. The van der Waals surface area contributed by atoms with E-state index < -0.39 is 0 Å². The first-order valence-electron chi connectivity index (χ1n) is 8.75. The lowest BCUT2D eigenvalue weighted by Gasteiger charge is -2.35. The average Bonchev–Trinajstić information content (AvgIpc) is 3.23. The molecule has 0 spiro atoms. The lowest BCUT2D eigenvalue weighted by Crippen LogP contribution is -2.43. The number of pyridine rings is 1. The third kappa shape index (κ3) is 3.11. The summed E-state index contributed by atoms with van der Waals surface area (Å²) in [7, 11) is 1.69. The molecule has 2 aliphatic rings. The fourth-order valence-electron chi connectivity index (χ4n) is 4.23. The van der Waals surface area contributed by atoms with Crippen LogP contribution in [0.4, 0.5) is 0 Å². The summed E-state index contributed by atoms with van der Waals surface area (Å²) in [4.78, 5) is 6.77. The Hall–Kier alpha value is -2.07. The molecule has 1 aliphatic heterocycles. The van der Waals surface area contributed by atoms with Gasteiger partial charge in [-0.05, 0) is 55.0 Å². The van der Waals surface area contributed by atoms with Gasteiger partial charge in [0, 0.05) is 37.1 Å². The van der Waals surface area contributed by atoms with E-state index in [9.17, 15) is 0 Å². The van der Waals surface area contributed by atoms with E-state index >= 15 is 0 Å². The number of aromatic nitrogens is 1. The molecule has 0 amide bonds. The second kappa shape index (κ2) is 6.81. The normalized spacial score (nSPS) is 25.8. The van der Waals surface area contributed by atoms with Gasteiger partial charge in [-0.1, -0.05) is 6.07 Å². The minimum atomic E-state index is 0.503. The fraction of sp³-hybridized carbons (Fsp3) is 0.450. The van der Waals surface area contributed by atoms with Crippen molar-refractivity contribution in [2.24, 2.45) is 5.92 Å². The zero-order chi connectivity index (χ0) is 16.4. The van der Waals surface area contributed by atoms with E-state index in [0.29, 0.717) is 12.1 Å². The van der Waals surface area contributed by atoms with Gasteiger partial charge in [0.25, 0.3) is 0 Å². The summed E-state index contributed by atoms with van der Waals surface area (Å²) in [5.41, 5.74) is 1.34. The third-order valence-electron chi connectivity index (χ3n) is 5.46. The molecule has 0 unspecified atom stereocenters.